The molecule has 1 heterocycles. The van der Waals surface area contributed by atoms with E-state index in [0.717, 1.165) is 22.6 Å². The summed E-state index contributed by atoms with van der Waals surface area (Å²) in [5, 5.41) is 7.19. The van der Waals surface area contributed by atoms with Gasteiger partial charge < -0.3 is 24.2 Å². The van der Waals surface area contributed by atoms with Gasteiger partial charge in [0.2, 0.25) is 5.91 Å². The fourth-order valence-electron chi connectivity index (χ4n) is 2.45. The fourth-order valence-corrected chi connectivity index (χ4v) is 2.45. The smallest absolute Gasteiger partial charge is 0.223 e. The second-order valence-electron chi connectivity index (χ2n) is 6.29. The lowest BCUT2D eigenvalue weighted by Crippen LogP contribution is -2.26. The number of hydrogen-bond acceptors (Lipinski definition) is 6. The standard InChI is InChI=1S/C19H27N3O4/c1-13-16(14(2)26-21-13)12-25-17-7-6-15(10-18(17)24-5)11-20-9-8-19(23)22(3)4/h6-7,10,20H,8-9,11-12H2,1-5H3. The maximum atomic E-state index is 11.6. The van der Waals surface area contributed by atoms with Gasteiger partial charge in [-0.05, 0) is 31.5 Å². The topological polar surface area (TPSA) is 76.8 Å². The summed E-state index contributed by atoms with van der Waals surface area (Å²) in [5.41, 5.74) is 2.83. The van der Waals surface area contributed by atoms with E-state index in [4.69, 9.17) is 14.0 Å². The molecule has 2 rings (SSSR count). The van der Waals surface area contributed by atoms with E-state index in [1.54, 1.807) is 26.1 Å². The molecule has 26 heavy (non-hydrogen) atoms. The van der Waals surface area contributed by atoms with Crippen LogP contribution >= 0.6 is 0 Å². The van der Waals surface area contributed by atoms with Crippen molar-refractivity contribution < 1.29 is 18.8 Å². The zero-order valence-corrected chi connectivity index (χ0v) is 16.1. The predicted molar refractivity (Wildman–Crippen MR) is 98.3 cm³/mol. The highest BCUT2D eigenvalue weighted by molar-refractivity contribution is 5.75. The Kier molecular flexibility index (Phi) is 7.03. The van der Waals surface area contributed by atoms with E-state index in [0.29, 0.717) is 37.6 Å². The lowest BCUT2D eigenvalue weighted by molar-refractivity contribution is -0.128. The molecule has 0 radical (unpaired) electrons. The number of carbonyl (C=O) groups excluding carboxylic acids is 1. The normalized spacial score (nSPS) is 10.7. The van der Waals surface area contributed by atoms with Gasteiger partial charge in [0.25, 0.3) is 0 Å². The van der Waals surface area contributed by atoms with E-state index in [1.165, 1.54) is 0 Å². The first-order valence-corrected chi connectivity index (χ1v) is 8.54. The van der Waals surface area contributed by atoms with Crippen LogP contribution in [-0.2, 0) is 17.9 Å². The fraction of sp³-hybridized carbons (Fsp3) is 0.474. The molecule has 0 aliphatic heterocycles. The van der Waals surface area contributed by atoms with Crippen LogP contribution in [0.2, 0.25) is 0 Å². The second-order valence-corrected chi connectivity index (χ2v) is 6.29. The molecule has 142 valence electrons. The van der Waals surface area contributed by atoms with Crippen molar-refractivity contribution in [2.24, 2.45) is 0 Å². The summed E-state index contributed by atoms with van der Waals surface area (Å²) in [6, 6.07) is 5.80. The SMILES string of the molecule is COc1cc(CNCCC(=O)N(C)C)ccc1OCc1c(C)noc1C. The monoisotopic (exact) mass is 361 g/mol. The molecule has 0 saturated heterocycles. The minimum atomic E-state index is 0.109. The Labute approximate surface area is 154 Å². The third-order valence-electron chi connectivity index (χ3n) is 4.12. The Hall–Kier alpha value is -2.54. The molecule has 0 aliphatic carbocycles. The van der Waals surface area contributed by atoms with Gasteiger partial charge in [0.05, 0.1) is 18.4 Å². The van der Waals surface area contributed by atoms with Crippen molar-refractivity contribution in [3.05, 3.63) is 40.8 Å². The van der Waals surface area contributed by atoms with Crippen LogP contribution in [-0.4, -0.2) is 43.7 Å². The number of amides is 1. The lowest BCUT2D eigenvalue weighted by atomic mass is 10.2. The summed E-state index contributed by atoms with van der Waals surface area (Å²) in [6.07, 6.45) is 0.475. The molecule has 0 fully saturated rings. The zero-order valence-electron chi connectivity index (χ0n) is 16.1. The van der Waals surface area contributed by atoms with Gasteiger partial charge in [-0.3, -0.25) is 4.79 Å². The molecule has 1 N–H and O–H groups in total. The second kappa shape index (κ2) is 9.24. The minimum absolute atomic E-state index is 0.109. The Balaban J connectivity index is 1.91. The largest absolute Gasteiger partial charge is 0.493 e. The van der Waals surface area contributed by atoms with Crippen LogP contribution in [0.1, 0.15) is 29.0 Å². The maximum Gasteiger partial charge on any atom is 0.223 e. The minimum Gasteiger partial charge on any atom is -0.493 e. The number of ether oxygens (including phenoxy) is 2. The first kappa shape index (κ1) is 19.8. The summed E-state index contributed by atoms with van der Waals surface area (Å²) < 4.78 is 16.5. The molecule has 0 unspecified atom stereocenters. The number of carbonyl (C=O) groups is 1. The van der Waals surface area contributed by atoms with E-state index < -0.39 is 0 Å². The van der Waals surface area contributed by atoms with Crippen molar-refractivity contribution in [1.29, 1.82) is 0 Å². The van der Waals surface area contributed by atoms with Crippen LogP contribution in [0.3, 0.4) is 0 Å². The van der Waals surface area contributed by atoms with Crippen molar-refractivity contribution in [2.75, 3.05) is 27.7 Å². The highest BCUT2D eigenvalue weighted by atomic mass is 16.5. The van der Waals surface area contributed by atoms with Crippen LogP contribution in [0.25, 0.3) is 0 Å². The quantitative estimate of drug-likeness (QED) is 0.692. The average molecular weight is 361 g/mol. The van der Waals surface area contributed by atoms with Crippen LogP contribution in [0.15, 0.2) is 22.7 Å². The summed E-state index contributed by atoms with van der Waals surface area (Å²) in [5.74, 6) is 2.20. The molecule has 1 aromatic carbocycles. The van der Waals surface area contributed by atoms with E-state index in [2.05, 4.69) is 10.5 Å². The molecule has 0 spiro atoms. The Morgan fingerprint density at radius 2 is 2.04 bits per heavy atom. The first-order valence-electron chi connectivity index (χ1n) is 8.54. The maximum absolute atomic E-state index is 11.6. The van der Waals surface area contributed by atoms with Crippen LogP contribution in [0.5, 0.6) is 11.5 Å². The molecule has 0 bridgehead atoms. The van der Waals surface area contributed by atoms with E-state index >= 15 is 0 Å². The Morgan fingerprint density at radius 1 is 1.27 bits per heavy atom. The van der Waals surface area contributed by atoms with Gasteiger partial charge in [0.1, 0.15) is 12.4 Å². The number of nitrogens with zero attached hydrogens (tertiary/aromatic N) is 2. The van der Waals surface area contributed by atoms with Gasteiger partial charge >= 0.3 is 0 Å². The van der Waals surface area contributed by atoms with Gasteiger partial charge in [-0.25, -0.2) is 0 Å². The van der Waals surface area contributed by atoms with Gasteiger partial charge in [-0.2, -0.15) is 0 Å². The van der Waals surface area contributed by atoms with Gasteiger partial charge in [0.15, 0.2) is 11.5 Å². The van der Waals surface area contributed by atoms with Gasteiger partial charge in [0, 0.05) is 33.6 Å². The molecular weight excluding hydrogens is 334 g/mol. The number of aryl methyl sites for hydroxylation is 2. The molecule has 7 nitrogen and oxygen atoms in total. The van der Waals surface area contributed by atoms with Crippen LogP contribution in [0.4, 0.5) is 0 Å². The van der Waals surface area contributed by atoms with E-state index in [9.17, 15) is 4.79 Å². The number of rotatable bonds is 9. The predicted octanol–water partition coefficient (Wildman–Crippen LogP) is 2.45. The summed E-state index contributed by atoms with van der Waals surface area (Å²) >= 11 is 0. The number of nitrogens with one attached hydrogen (secondary N) is 1. The number of aromatic nitrogens is 1. The molecule has 1 amide bonds. The summed E-state index contributed by atoms with van der Waals surface area (Å²) in [4.78, 5) is 13.1. The zero-order chi connectivity index (χ0) is 19.1. The molecule has 0 saturated carbocycles. The van der Waals surface area contributed by atoms with Crippen molar-refractivity contribution in [2.45, 2.75) is 33.4 Å². The van der Waals surface area contributed by atoms with Crippen molar-refractivity contribution >= 4 is 5.91 Å². The molecular formula is C19H27N3O4. The summed E-state index contributed by atoms with van der Waals surface area (Å²) in [7, 11) is 5.13. The van der Waals surface area contributed by atoms with Gasteiger partial charge in [-0.1, -0.05) is 11.2 Å². The molecule has 7 heteroatoms. The third kappa shape index (κ3) is 5.23. The number of benzene rings is 1. The Morgan fingerprint density at radius 3 is 2.65 bits per heavy atom. The highest BCUT2D eigenvalue weighted by Gasteiger charge is 2.12. The Bertz CT molecular complexity index is 721. The first-order chi connectivity index (χ1) is 12.4. The summed E-state index contributed by atoms with van der Waals surface area (Å²) in [6.45, 7) is 5.42. The third-order valence-corrected chi connectivity index (χ3v) is 4.12. The number of methoxy groups -OCH3 is 1. The van der Waals surface area contributed by atoms with Gasteiger partial charge in [-0.15, -0.1) is 0 Å². The molecule has 0 aliphatic rings. The van der Waals surface area contributed by atoms with Crippen molar-refractivity contribution in [3.8, 4) is 11.5 Å². The van der Waals surface area contributed by atoms with Crippen molar-refractivity contribution in [3.63, 3.8) is 0 Å². The van der Waals surface area contributed by atoms with Crippen LogP contribution < -0.4 is 14.8 Å². The lowest BCUT2D eigenvalue weighted by Gasteiger charge is -2.13. The van der Waals surface area contributed by atoms with E-state index in [1.807, 2.05) is 32.0 Å². The molecule has 1 aromatic heterocycles. The van der Waals surface area contributed by atoms with E-state index in [-0.39, 0.29) is 5.91 Å². The number of hydrogen-bond donors (Lipinski definition) is 1. The van der Waals surface area contributed by atoms with Crippen molar-refractivity contribution in [1.82, 2.24) is 15.4 Å². The van der Waals surface area contributed by atoms with Crippen LogP contribution in [0, 0.1) is 13.8 Å². The highest BCUT2D eigenvalue weighted by Crippen LogP contribution is 2.29. The molecule has 0 atom stereocenters. The average Bonchev–Trinajstić information content (AvgIpc) is 2.95. The molecule has 2 aromatic rings.